The van der Waals surface area contributed by atoms with Crippen molar-refractivity contribution in [3.63, 3.8) is 0 Å². The number of carbonyl (C=O) groups is 2. The Hall–Kier alpha value is -2.63. The van der Waals surface area contributed by atoms with Crippen LogP contribution in [-0.2, 0) is 16.6 Å². The molecule has 0 bridgehead atoms. The van der Waals surface area contributed by atoms with Crippen LogP contribution >= 0.6 is 0 Å². The second-order valence-electron chi connectivity index (χ2n) is 5.13. The number of benzene rings is 1. The van der Waals surface area contributed by atoms with Gasteiger partial charge >= 0.3 is 0 Å². The Morgan fingerprint density at radius 2 is 2.10 bits per heavy atom. The minimum absolute atomic E-state index is 0.0452. The number of aromatic nitrogens is 2. The zero-order chi connectivity index (χ0) is 14.8. The summed E-state index contributed by atoms with van der Waals surface area (Å²) in [6, 6.07) is 9.26. The van der Waals surface area contributed by atoms with Crippen molar-refractivity contribution in [2.24, 2.45) is 13.0 Å². The summed E-state index contributed by atoms with van der Waals surface area (Å²) in [5, 5.41) is 6.90. The summed E-state index contributed by atoms with van der Waals surface area (Å²) < 4.78 is 1.64. The average molecular weight is 284 g/mol. The molecule has 1 aliphatic heterocycles. The Morgan fingerprint density at radius 3 is 2.76 bits per heavy atom. The van der Waals surface area contributed by atoms with Crippen molar-refractivity contribution in [3.05, 3.63) is 42.7 Å². The molecule has 6 heteroatoms. The van der Waals surface area contributed by atoms with Gasteiger partial charge in [-0.2, -0.15) is 5.10 Å². The number of anilines is 2. The highest BCUT2D eigenvalue weighted by atomic mass is 16.2. The number of amides is 2. The van der Waals surface area contributed by atoms with E-state index in [1.54, 1.807) is 29.0 Å². The van der Waals surface area contributed by atoms with Crippen molar-refractivity contribution >= 4 is 23.2 Å². The summed E-state index contributed by atoms with van der Waals surface area (Å²) in [6.45, 7) is 0.392. The molecule has 0 saturated carbocycles. The van der Waals surface area contributed by atoms with Crippen LogP contribution in [0, 0.1) is 5.92 Å². The fraction of sp³-hybridized carbons (Fsp3) is 0.267. The van der Waals surface area contributed by atoms with Crippen molar-refractivity contribution in [1.82, 2.24) is 9.78 Å². The molecule has 0 spiro atoms. The summed E-state index contributed by atoms with van der Waals surface area (Å²) in [5.41, 5.74) is 1.48. The average Bonchev–Trinajstić information content (AvgIpc) is 3.06. The molecule has 1 atom stereocenters. The monoisotopic (exact) mass is 284 g/mol. The molecule has 2 heterocycles. The minimum Gasteiger partial charge on any atom is -0.326 e. The lowest BCUT2D eigenvalue weighted by Crippen LogP contribution is -2.27. The third kappa shape index (κ3) is 2.79. The number of nitrogens with one attached hydrogen (secondary N) is 1. The number of aryl methyl sites for hydroxylation is 1. The van der Waals surface area contributed by atoms with Gasteiger partial charge in [0.15, 0.2) is 0 Å². The number of hydrogen-bond acceptors (Lipinski definition) is 3. The molecule has 0 aliphatic carbocycles. The van der Waals surface area contributed by atoms with E-state index in [1.165, 1.54) is 0 Å². The maximum absolute atomic E-state index is 12.2. The first-order valence-electron chi connectivity index (χ1n) is 6.78. The predicted molar refractivity (Wildman–Crippen MR) is 78.7 cm³/mol. The van der Waals surface area contributed by atoms with Crippen molar-refractivity contribution in [2.45, 2.75) is 6.42 Å². The van der Waals surface area contributed by atoms with E-state index in [1.807, 2.05) is 30.3 Å². The number of nitrogens with zero attached hydrogens (tertiary/aromatic N) is 3. The Kier molecular flexibility index (Phi) is 3.43. The van der Waals surface area contributed by atoms with E-state index in [9.17, 15) is 9.59 Å². The van der Waals surface area contributed by atoms with Crippen molar-refractivity contribution in [2.75, 3.05) is 16.8 Å². The number of hydrogen-bond donors (Lipinski definition) is 1. The molecular formula is C15H16N4O2. The molecular weight excluding hydrogens is 268 g/mol. The normalized spacial score (nSPS) is 18.0. The Bertz CT molecular complexity index is 665. The molecule has 1 saturated heterocycles. The van der Waals surface area contributed by atoms with Crippen LogP contribution in [0.5, 0.6) is 0 Å². The van der Waals surface area contributed by atoms with Gasteiger partial charge in [-0.05, 0) is 12.1 Å². The lowest BCUT2D eigenvalue weighted by atomic mass is 10.1. The zero-order valence-corrected chi connectivity index (χ0v) is 11.7. The first-order chi connectivity index (χ1) is 10.1. The molecule has 0 radical (unpaired) electrons. The summed E-state index contributed by atoms with van der Waals surface area (Å²) in [5.74, 6) is -0.505. The van der Waals surface area contributed by atoms with Gasteiger partial charge in [0.2, 0.25) is 11.8 Å². The minimum atomic E-state index is -0.335. The van der Waals surface area contributed by atoms with E-state index in [-0.39, 0.29) is 24.2 Å². The molecule has 1 fully saturated rings. The van der Waals surface area contributed by atoms with Crippen LogP contribution in [0.3, 0.4) is 0 Å². The van der Waals surface area contributed by atoms with Crippen LogP contribution in [0.1, 0.15) is 6.42 Å². The van der Waals surface area contributed by atoms with Gasteiger partial charge in [-0.3, -0.25) is 14.3 Å². The molecule has 2 amide bonds. The molecule has 1 aromatic heterocycles. The molecule has 1 unspecified atom stereocenters. The smallest absolute Gasteiger partial charge is 0.229 e. The van der Waals surface area contributed by atoms with Crippen LogP contribution in [-0.4, -0.2) is 28.1 Å². The van der Waals surface area contributed by atoms with Gasteiger partial charge < -0.3 is 10.2 Å². The fourth-order valence-corrected chi connectivity index (χ4v) is 2.45. The lowest BCUT2D eigenvalue weighted by Gasteiger charge is -2.14. The number of para-hydroxylation sites is 1. The highest BCUT2D eigenvalue weighted by molar-refractivity contribution is 6.03. The van der Waals surface area contributed by atoms with Gasteiger partial charge in [0.05, 0.1) is 17.8 Å². The van der Waals surface area contributed by atoms with E-state index in [2.05, 4.69) is 10.4 Å². The molecule has 2 aromatic rings. The molecule has 6 nitrogen and oxygen atoms in total. The topological polar surface area (TPSA) is 67.2 Å². The zero-order valence-electron chi connectivity index (χ0n) is 11.7. The van der Waals surface area contributed by atoms with Crippen LogP contribution < -0.4 is 10.2 Å². The molecule has 1 aromatic carbocycles. The van der Waals surface area contributed by atoms with Crippen LogP contribution in [0.2, 0.25) is 0 Å². The van der Waals surface area contributed by atoms with E-state index >= 15 is 0 Å². The second-order valence-corrected chi connectivity index (χ2v) is 5.13. The number of rotatable bonds is 3. The highest BCUT2D eigenvalue weighted by Gasteiger charge is 2.35. The second kappa shape index (κ2) is 5.40. The third-order valence-corrected chi connectivity index (χ3v) is 3.54. The summed E-state index contributed by atoms with van der Waals surface area (Å²) in [4.78, 5) is 25.9. The fourth-order valence-electron chi connectivity index (χ4n) is 2.45. The van der Waals surface area contributed by atoms with Gasteiger partial charge in [0.25, 0.3) is 0 Å². The molecule has 3 rings (SSSR count). The summed E-state index contributed by atoms with van der Waals surface area (Å²) in [7, 11) is 1.80. The van der Waals surface area contributed by atoms with Gasteiger partial charge in [-0.25, -0.2) is 0 Å². The summed E-state index contributed by atoms with van der Waals surface area (Å²) in [6.07, 6.45) is 3.64. The Morgan fingerprint density at radius 1 is 1.33 bits per heavy atom. The maximum atomic E-state index is 12.2. The van der Waals surface area contributed by atoms with Crippen LogP contribution in [0.25, 0.3) is 0 Å². The maximum Gasteiger partial charge on any atom is 0.229 e. The first kappa shape index (κ1) is 13.4. The van der Waals surface area contributed by atoms with Crippen molar-refractivity contribution in [3.8, 4) is 0 Å². The van der Waals surface area contributed by atoms with E-state index in [0.29, 0.717) is 6.54 Å². The predicted octanol–water partition coefficient (Wildman–Crippen LogP) is 1.41. The largest absolute Gasteiger partial charge is 0.326 e. The van der Waals surface area contributed by atoms with E-state index in [4.69, 9.17) is 0 Å². The van der Waals surface area contributed by atoms with Gasteiger partial charge in [0.1, 0.15) is 0 Å². The van der Waals surface area contributed by atoms with E-state index < -0.39 is 0 Å². The SMILES string of the molecule is Cn1cc(N2CC(C(=O)Nc3ccccc3)CC2=O)cn1. The third-order valence-electron chi connectivity index (χ3n) is 3.54. The van der Waals surface area contributed by atoms with Gasteiger partial charge in [-0.15, -0.1) is 0 Å². The summed E-state index contributed by atoms with van der Waals surface area (Å²) >= 11 is 0. The van der Waals surface area contributed by atoms with E-state index in [0.717, 1.165) is 11.4 Å². The molecule has 1 aliphatic rings. The van der Waals surface area contributed by atoms with Crippen LogP contribution in [0.15, 0.2) is 42.7 Å². The van der Waals surface area contributed by atoms with Gasteiger partial charge in [0, 0.05) is 31.9 Å². The number of carbonyl (C=O) groups excluding carboxylic acids is 2. The quantitative estimate of drug-likeness (QED) is 0.926. The molecule has 108 valence electrons. The van der Waals surface area contributed by atoms with Crippen molar-refractivity contribution in [1.29, 1.82) is 0 Å². The van der Waals surface area contributed by atoms with Crippen LogP contribution in [0.4, 0.5) is 11.4 Å². The van der Waals surface area contributed by atoms with Crippen molar-refractivity contribution < 1.29 is 9.59 Å². The first-order valence-corrected chi connectivity index (χ1v) is 6.78. The lowest BCUT2D eigenvalue weighted by molar-refractivity contribution is -0.122. The molecule has 21 heavy (non-hydrogen) atoms. The Labute approximate surface area is 122 Å². The Balaban J connectivity index is 1.68. The molecule has 1 N–H and O–H groups in total. The van der Waals surface area contributed by atoms with Gasteiger partial charge in [-0.1, -0.05) is 18.2 Å². The standard InChI is InChI=1S/C15H16N4O2/c1-18-10-13(8-16-18)19-9-11(7-14(19)20)15(21)17-12-5-3-2-4-6-12/h2-6,8,10-11H,7,9H2,1H3,(H,17,21). The highest BCUT2D eigenvalue weighted by Crippen LogP contribution is 2.25.